The van der Waals surface area contributed by atoms with E-state index >= 15 is 0 Å². The molecule has 4 nitrogen and oxygen atoms in total. The van der Waals surface area contributed by atoms with Gasteiger partial charge in [0.15, 0.2) is 0 Å². The minimum atomic E-state index is -0.747. The second-order valence-electron chi connectivity index (χ2n) is 11.0. The van der Waals surface area contributed by atoms with Crippen molar-refractivity contribution in [2.24, 2.45) is 16.9 Å². The van der Waals surface area contributed by atoms with Gasteiger partial charge >= 0.3 is 5.97 Å². The first-order chi connectivity index (χ1) is 16.1. The van der Waals surface area contributed by atoms with Crippen molar-refractivity contribution in [3.05, 3.63) is 70.8 Å². The summed E-state index contributed by atoms with van der Waals surface area (Å²) in [4.78, 5) is 12.6. The summed E-state index contributed by atoms with van der Waals surface area (Å²) in [5.41, 5.74) is 18.2. The molecular weight excluding hydrogens is 420 g/mol. The Morgan fingerprint density at radius 1 is 0.971 bits per heavy atom. The fraction of sp³-hybridized carbons (Fsp3) is 0.500. The van der Waals surface area contributed by atoms with E-state index in [9.17, 15) is 4.79 Å². The molecule has 0 amide bonds. The van der Waals surface area contributed by atoms with Gasteiger partial charge < -0.3 is 16.2 Å². The van der Waals surface area contributed by atoms with Gasteiger partial charge in [-0.15, -0.1) is 0 Å². The Morgan fingerprint density at radius 3 is 2.41 bits per heavy atom. The summed E-state index contributed by atoms with van der Waals surface area (Å²) in [6.07, 6.45) is 9.14. The minimum absolute atomic E-state index is 0.236. The third kappa shape index (κ3) is 7.04. The average Bonchev–Trinajstić information content (AvgIpc) is 2.80. The molecule has 2 aromatic rings. The number of benzene rings is 2. The summed E-state index contributed by atoms with van der Waals surface area (Å²) >= 11 is 0. The van der Waals surface area contributed by atoms with E-state index in [2.05, 4.69) is 54.6 Å². The molecule has 1 unspecified atom stereocenters. The Hall–Kier alpha value is -2.43. The number of rotatable bonds is 11. The number of nitrogens with two attached hydrogens (primary N) is 2. The lowest BCUT2D eigenvalue weighted by molar-refractivity contribution is -0.155. The van der Waals surface area contributed by atoms with Gasteiger partial charge in [-0.1, -0.05) is 54.6 Å². The number of allylic oxidation sites excluding steroid dienone is 1. The van der Waals surface area contributed by atoms with Crippen molar-refractivity contribution in [1.82, 2.24) is 0 Å². The maximum absolute atomic E-state index is 12.6. The van der Waals surface area contributed by atoms with Gasteiger partial charge in [-0.05, 0) is 100 Å². The number of carbonyl (C=O) groups is 1. The Morgan fingerprint density at radius 2 is 1.71 bits per heavy atom. The summed E-state index contributed by atoms with van der Waals surface area (Å²) < 4.78 is 5.58. The summed E-state index contributed by atoms with van der Waals surface area (Å²) in [6.45, 7) is 7.99. The number of carbonyl (C=O) groups excluding carboxylic acids is 1. The predicted molar refractivity (Wildman–Crippen MR) is 142 cm³/mol. The van der Waals surface area contributed by atoms with Gasteiger partial charge in [-0.3, -0.25) is 4.79 Å². The standard InChI is InChI=1S/C30H42N2O2/c1-29(2,32)21-27(31)30(3,4)28(33)34-19-10-6-9-14-23-15-11-16-24-17-18-25(20-26(23)24)22-12-7-5-8-13-22/h5,7-8,11-13,15-16,20,27H,6,9-10,14,17-19,21,31-32H2,1-4H3. The topological polar surface area (TPSA) is 78.3 Å². The summed E-state index contributed by atoms with van der Waals surface area (Å²) in [5.74, 6) is -0.236. The lowest BCUT2D eigenvalue weighted by Gasteiger charge is -2.33. The molecular formula is C30H42N2O2. The molecule has 4 heteroatoms. The van der Waals surface area contributed by atoms with Crippen molar-refractivity contribution in [1.29, 1.82) is 0 Å². The molecule has 0 saturated carbocycles. The number of hydrogen-bond acceptors (Lipinski definition) is 4. The Labute approximate surface area is 205 Å². The highest BCUT2D eigenvalue weighted by Gasteiger charge is 2.38. The number of fused-ring (bicyclic) bond motifs is 1. The van der Waals surface area contributed by atoms with Crippen LogP contribution in [0.3, 0.4) is 0 Å². The van der Waals surface area contributed by atoms with E-state index in [0.717, 1.165) is 38.5 Å². The van der Waals surface area contributed by atoms with Crippen LogP contribution in [0.4, 0.5) is 0 Å². The maximum atomic E-state index is 12.6. The molecule has 0 radical (unpaired) electrons. The van der Waals surface area contributed by atoms with Crippen molar-refractivity contribution in [2.45, 2.75) is 84.2 Å². The fourth-order valence-electron chi connectivity index (χ4n) is 4.60. The molecule has 1 atom stereocenters. The van der Waals surface area contributed by atoms with Crippen LogP contribution >= 0.6 is 0 Å². The Balaban J connectivity index is 1.48. The first-order valence-corrected chi connectivity index (χ1v) is 12.7. The molecule has 4 N–H and O–H groups in total. The van der Waals surface area contributed by atoms with Crippen molar-refractivity contribution < 1.29 is 9.53 Å². The van der Waals surface area contributed by atoms with Crippen LogP contribution < -0.4 is 11.5 Å². The van der Waals surface area contributed by atoms with Crippen LogP contribution in [0.25, 0.3) is 11.6 Å². The third-order valence-corrected chi connectivity index (χ3v) is 6.94. The first kappa shape index (κ1) is 26.2. The first-order valence-electron chi connectivity index (χ1n) is 12.7. The number of unbranched alkanes of at least 4 members (excludes halogenated alkanes) is 2. The lowest BCUT2D eigenvalue weighted by Crippen LogP contribution is -2.50. The molecule has 34 heavy (non-hydrogen) atoms. The Bertz CT molecular complexity index is 987. The van der Waals surface area contributed by atoms with Crippen LogP contribution in [0, 0.1) is 5.41 Å². The van der Waals surface area contributed by atoms with Gasteiger partial charge in [0.05, 0.1) is 12.0 Å². The van der Waals surface area contributed by atoms with E-state index in [1.165, 1.54) is 27.8 Å². The summed E-state index contributed by atoms with van der Waals surface area (Å²) in [6, 6.07) is 17.1. The number of esters is 1. The van der Waals surface area contributed by atoms with E-state index < -0.39 is 11.0 Å². The SMILES string of the molecule is CC(C)(N)CC(N)C(C)(C)C(=O)OCCCCCc1cccc2c1C=C(c1ccccc1)CC2. The van der Waals surface area contributed by atoms with E-state index in [1.807, 2.05) is 27.7 Å². The molecule has 0 fully saturated rings. The van der Waals surface area contributed by atoms with Crippen LogP contribution in [0.5, 0.6) is 0 Å². The molecule has 3 rings (SSSR count). The van der Waals surface area contributed by atoms with Gasteiger partial charge in [-0.2, -0.15) is 0 Å². The van der Waals surface area contributed by atoms with Gasteiger partial charge in [0.25, 0.3) is 0 Å². The molecule has 1 aliphatic rings. The monoisotopic (exact) mass is 462 g/mol. The minimum Gasteiger partial charge on any atom is -0.465 e. The zero-order valence-corrected chi connectivity index (χ0v) is 21.4. The summed E-state index contributed by atoms with van der Waals surface area (Å²) in [7, 11) is 0. The van der Waals surface area contributed by atoms with Gasteiger partial charge in [0, 0.05) is 11.6 Å². The van der Waals surface area contributed by atoms with E-state index in [-0.39, 0.29) is 12.0 Å². The van der Waals surface area contributed by atoms with E-state index in [4.69, 9.17) is 16.2 Å². The quantitative estimate of drug-likeness (QED) is 0.321. The molecule has 0 saturated heterocycles. The predicted octanol–water partition coefficient (Wildman–Crippen LogP) is 5.91. The van der Waals surface area contributed by atoms with E-state index in [0.29, 0.717) is 13.0 Å². The largest absolute Gasteiger partial charge is 0.465 e. The molecule has 0 bridgehead atoms. The van der Waals surface area contributed by atoms with Crippen molar-refractivity contribution in [3.63, 3.8) is 0 Å². The van der Waals surface area contributed by atoms with E-state index in [1.54, 1.807) is 0 Å². The number of aryl methyl sites for hydroxylation is 2. The molecule has 1 aliphatic carbocycles. The third-order valence-electron chi connectivity index (χ3n) is 6.94. The van der Waals surface area contributed by atoms with Crippen LogP contribution in [0.1, 0.15) is 82.1 Å². The second-order valence-corrected chi connectivity index (χ2v) is 11.0. The lowest BCUT2D eigenvalue weighted by atomic mass is 9.79. The molecule has 2 aromatic carbocycles. The second kappa shape index (κ2) is 11.3. The normalized spacial score (nSPS) is 14.8. The van der Waals surface area contributed by atoms with Crippen LogP contribution in [-0.4, -0.2) is 24.2 Å². The molecule has 0 heterocycles. The Kier molecular flexibility index (Phi) is 8.72. The van der Waals surface area contributed by atoms with Crippen LogP contribution in [0.2, 0.25) is 0 Å². The molecule has 0 aliphatic heterocycles. The highest BCUT2D eigenvalue weighted by atomic mass is 16.5. The van der Waals surface area contributed by atoms with Gasteiger partial charge in [-0.25, -0.2) is 0 Å². The zero-order chi connectivity index (χ0) is 24.8. The van der Waals surface area contributed by atoms with Gasteiger partial charge in [0.1, 0.15) is 0 Å². The van der Waals surface area contributed by atoms with Crippen LogP contribution in [0.15, 0.2) is 48.5 Å². The molecule has 184 valence electrons. The molecule has 0 spiro atoms. The zero-order valence-electron chi connectivity index (χ0n) is 21.4. The highest BCUT2D eigenvalue weighted by Crippen LogP contribution is 2.33. The highest BCUT2D eigenvalue weighted by molar-refractivity contribution is 5.85. The smallest absolute Gasteiger partial charge is 0.313 e. The summed E-state index contributed by atoms with van der Waals surface area (Å²) in [5, 5.41) is 0. The molecule has 0 aromatic heterocycles. The van der Waals surface area contributed by atoms with Crippen LogP contribution in [-0.2, 0) is 22.4 Å². The maximum Gasteiger partial charge on any atom is 0.313 e. The van der Waals surface area contributed by atoms with Crippen molar-refractivity contribution >= 4 is 17.6 Å². The number of ether oxygens (including phenoxy) is 1. The van der Waals surface area contributed by atoms with Crippen molar-refractivity contribution in [3.8, 4) is 0 Å². The fourth-order valence-corrected chi connectivity index (χ4v) is 4.60. The average molecular weight is 463 g/mol. The number of hydrogen-bond donors (Lipinski definition) is 2. The van der Waals surface area contributed by atoms with Crippen molar-refractivity contribution in [2.75, 3.05) is 6.61 Å². The van der Waals surface area contributed by atoms with Gasteiger partial charge in [0.2, 0.25) is 0 Å².